The first-order chi connectivity index (χ1) is 9.31. The summed E-state index contributed by atoms with van der Waals surface area (Å²) in [4.78, 5) is 15.6. The van der Waals surface area contributed by atoms with Gasteiger partial charge >= 0.3 is 0 Å². The number of hydrogen-bond acceptors (Lipinski definition) is 4. The molecule has 3 aromatic rings. The molecule has 0 atom stereocenters. The Bertz CT molecular complexity index is 681. The molecule has 5 nitrogen and oxygen atoms in total. The normalized spacial score (nSPS) is 10.4. The predicted molar refractivity (Wildman–Crippen MR) is 74.3 cm³/mol. The number of H-pyrrole nitrogens is 1. The van der Waals surface area contributed by atoms with Gasteiger partial charge < -0.3 is 10.3 Å². The van der Waals surface area contributed by atoms with Gasteiger partial charge in [0.15, 0.2) is 0 Å². The Morgan fingerprint density at radius 2 is 2.16 bits per heavy atom. The average Bonchev–Trinajstić information content (AvgIpc) is 2.93. The first-order valence-corrected chi connectivity index (χ1v) is 6.03. The number of hydrogen-bond donors (Lipinski definition) is 2. The Labute approximate surface area is 114 Å². The van der Waals surface area contributed by atoms with Crippen LogP contribution in [-0.4, -0.2) is 19.9 Å². The van der Waals surface area contributed by atoms with Gasteiger partial charge in [0.2, 0.25) is 5.95 Å². The van der Waals surface area contributed by atoms with Gasteiger partial charge in [-0.05, 0) is 24.3 Å². The molecule has 2 heterocycles. The maximum absolute atomic E-state index is 5.93. The fourth-order valence-electron chi connectivity index (χ4n) is 1.66. The zero-order chi connectivity index (χ0) is 13.1. The van der Waals surface area contributed by atoms with Crippen molar-refractivity contribution in [3.05, 3.63) is 54.1 Å². The van der Waals surface area contributed by atoms with Crippen molar-refractivity contribution in [1.82, 2.24) is 19.9 Å². The van der Waals surface area contributed by atoms with E-state index in [1.54, 1.807) is 18.7 Å². The van der Waals surface area contributed by atoms with E-state index in [1.807, 2.05) is 30.3 Å². The van der Waals surface area contributed by atoms with Crippen molar-refractivity contribution in [2.24, 2.45) is 0 Å². The topological polar surface area (TPSA) is 66.5 Å². The first-order valence-electron chi connectivity index (χ1n) is 5.66. The zero-order valence-electron chi connectivity index (χ0n) is 9.84. The lowest BCUT2D eigenvalue weighted by atomic mass is 10.3. The molecule has 0 bridgehead atoms. The number of nitrogens with zero attached hydrogens (tertiary/aromatic N) is 3. The maximum atomic E-state index is 5.93. The minimum Gasteiger partial charge on any atom is -0.343 e. The van der Waals surface area contributed by atoms with Crippen LogP contribution in [0.3, 0.4) is 0 Å². The van der Waals surface area contributed by atoms with Gasteiger partial charge in [-0.2, -0.15) is 0 Å². The van der Waals surface area contributed by atoms with Crippen LogP contribution in [0.15, 0.2) is 49.1 Å². The Kier molecular flexibility index (Phi) is 3.12. The first kappa shape index (κ1) is 11.7. The van der Waals surface area contributed by atoms with Crippen molar-refractivity contribution in [2.75, 3.05) is 5.32 Å². The number of rotatable bonds is 3. The van der Waals surface area contributed by atoms with E-state index >= 15 is 0 Å². The second kappa shape index (κ2) is 5.07. The van der Waals surface area contributed by atoms with Crippen molar-refractivity contribution >= 4 is 23.2 Å². The summed E-state index contributed by atoms with van der Waals surface area (Å²) < 4.78 is 0. The van der Waals surface area contributed by atoms with Gasteiger partial charge in [-0.25, -0.2) is 15.0 Å². The molecule has 0 saturated heterocycles. The van der Waals surface area contributed by atoms with Gasteiger partial charge in [0, 0.05) is 16.9 Å². The van der Waals surface area contributed by atoms with Crippen LogP contribution >= 0.6 is 11.6 Å². The minimum absolute atomic E-state index is 0.509. The molecule has 3 rings (SSSR count). The molecule has 0 unspecified atom stereocenters. The monoisotopic (exact) mass is 271 g/mol. The van der Waals surface area contributed by atoms with Gasteiger partial charge in [-0.15, -0.1) is 0 Å². The average molecular weight is 272 g/mol. The minimum atomic E-state index is 0.509. The summed E-state index contributed by atoms with van der Waals surface area (Å²) in [5, 5.41) is 3.77. The Balaban J connectivity index is 1.88. The van der Waals surface area contributed by atoms with Crippen LogP contribution in [0, 0.1) is 0 Å². The fraction of sp³-hybridized carbons (Fsp3) is 0. The smallest absolute Gasteiger partial charge is 0.227 e. The molecule has 2 aromatic heterocycles. The van der Waals surface area contributed by atoms with Crippen molar-refractivity contribution in [3.63, 3.8) is 0 Å². The summed E-state index contributed by atoms with van der Waals surface area (Å²) in [7, 11) is 0. The summed E-state index contributed by atoms with van der Waals surface area (Å²) in [6.45, 7) is 0. The molecule has 6 heteroatoms. The van der Waals surface area contributed by atoms with Crippen molar-refractivity contribution in [2.45, 2.75) is 0 Å². The van der Waals surface area contributed by atoms with Crippen LogP contribution in [-0.2, 0) is 0 Å². The van der Waals surface area contributed by atoms with Crippen LogP contribution in [0.2, 0.25) is 5.02 Å². The SMILES string of the molecule is Clc1cccc(Nc2nccc(-c3cnc[nH]3)n2)c1. The highest BCUT2D eigenvalue weighted by atomic mass is 35.5. The highest BCUT2D eigenvalue weighted by Gasteiger charge is 2.03. The Morgan fingerprint density at radius 1 is 1.21 bits per heavy atom. The number of nitrogens with one attached hydrogen (secondary N) is 2. The van der Waals surface area contributed by atoms with E-state index in [9.17, 15) is 0 Å². The van der Waals surface area contributed by atoms with Crippen molar-refractivity contribution in [3.8, 4) is 11.4 Å². The number of aromatic nitrogens is 4. The molecular weight excluding hydrogens is 262 g/mol. The van der Waals surface area contributed by atoms with Gasteiger partial charge in [-0.1, -0.05) is 17.7 Å². The molecule has 19 heavy (non-hydrogen) atoms. The van der Waals surface area contributed by atoms with Crippen molar-refractivity contribution in [1.29, 1.82) is 0 Å². The Morgan fingerprint density at radius 3 is 2.95 bits per heavy atom. The van der Waals surface area contributed by atoms with Crippen LogP contribution < -0.4 is 5.32 Å². The fourth-order valence-corrected chi connectivity index (χ4v) is 1.85. The molecule has 1 aromatic carbocycles. The third-order valence-electron chi connectivity index (χ3n) is 2.51. The summed E-state index contributed by atoms with van der Waals surface area (Å²) >= 11 is 5.93. The molecular formula is C13H10ClN5. The lowest BCUT2D eigenvalue weighted by molar-refractivity contribution is 1.16. The lowest BCUT2D eigenvalue weighted by Gasteiger charge is -2.05. The number of benzene rings is 1. The van der Waals surface area contributed by atoms with Gasteiger partial charge in [0.25, 0.3) is 0 Å². The summed E-state index contributed by atoms with van der Waals surface area (Å²) in [5.41, 5.74) is 2.46. The molecule has 0 radical (unpaired) electrons. The van der Waals surface area contributed by atoms with Crippen molar-refractivity contribution < 1.29 is 0 Å². The second-order valence-electron chi connectivity index (χ2n) is 3.87. The van der Waals surface area contributed by atoms with E-state index < -0.39 is 0 Å². The third-order valence-corrected chi connectivity index (χ3v) is 2.75. The molecule has 94 valence electrons. The summed E-state index contributed by atoms with van der Waals surface area (Å²) in [6, 6.07) is 9.21. The number of imidazole rings is 1. The van der Waals surface area contributed by atoms with Crippen LogP contribution in [0.25, 0.3) is 11.4 Å². The zero-order valence-corrected chi connectivity index (χ0v) is 10.6. The van der Waals surface area contributed by atoms with Gasteiger partial charge in [0.05, 0.1) is 23.9 Å². The highest BCUT2D eigenvalue weighted by molar-refractivity contribution is 6.30. The third kappa shape index (κ3) is 2.71. The lowest BCUT2D eigenvalue weighted by Crippen LogP contribution is -1.97. The number of halogens is 1. The molecule has 0 saturated carbocycles. The van der Waals surface area contributed by atoms with E-state index in [0.29, 0.717) is 11.0 Å². The summed E-state index contributed by atoms with van der Waals surface area (Å²) in [6.07, 6.45) is 5.02. The molecule has 0 aliphatic heterocycles. The molecule has 0 aliphatic rings. The van der Waals surface area contributed by atoms with E-state index in [-0.39, 0.29) is 0 Å². The summed E-state index contributed by atoms with van der Waals surface area (Å²) in [5.74, 6) is 0.509. The quantitative estimate of drug-likeness (QED) is 0.767. The van der Waals surface area contributed by atoms with E-state index in [4.69, 9.17) is 11.6 Å². The number of anilines is 2. The molecule has 2 N–H and O–H groups in total. The standard InChI is InChI=1S/C13H10ClN5/c14-9-2-1-3-10(6-9)18-13-16-5-4-11(19-13)12-7-15-8-17-12/h1-8H,(H,15,17)(H,16,18,19). The van der Waals surface area contributed by atoms with E-state index in [2.05, 4.69) is 25.3 Å². The van der Waals surface area contributed by atoms with Crippen LogP contribution in [0.4, 0.5) is 11.6 Å². The largest absolute Gasteiger partial charge is 0.343 e. The maximum Gasteiger partial charge on any atom is 0.227 e. The Hall–Kier alpha value is -2.40. The molecule has 0 spiro atoms. The molecule has 0 fully saturated rings. The van der Waals surface area contributed by atoms with E-state index in [0.717, 1.165) is 17.1 Å². The van der Waals surface area contributed by atoms with E-state index in [1.165, 1.54) is 0 Å². The van der Waals surface area contributed by atoms with Crippen LogP contribution in [0.5, 0.6) is 0 Å². The molecule has 0 amide bonds. The van der Waals surface area contributed by atoms with Gasteiger partial charge in [-0.3, -0.25) is 0 Å². The number of aromatic amines is 1. The predicted octanol–water partition coefficient (Wildman–Crippen LogP) is 3.26. The van der Waals surface area contributed by atoms with Crippen LogP contribution in [0.1, 0.15) is 0 Å². The molecule has 0 aliphatic carbocycles. The van der Waals surface area contributed by atoms with Gasteiger partial charge in [0.1, 0.15) is 0 Å². The highest BCUT2D eigenvalue weighted by Crippen LogP contribution is 2.19. The second-order valence-corrected chi connectivity index (χ2v) is 4.30.